The van der Waals surface area contributed by atoms with Gasteiger partial charge >= 0.3 is 12.1 Å². The highest BCUT2D eigenvalue weighted by atomic mass is 16.5. The second kappa shape index (κ2) is 9.40. The monoisotopic (exact) mass is 438 g/mol. The summed E-state index contributed by atoms with van der Waals surface area (Å²) in [5.41, 5.74) is 4.55. The van der Waals surface area contributed by atoms with Gasteiger partial charge < -0.3 is 25.2 Å². The van der Waals surface area contributed by atoms with Crippen LogP contribution < -0.4 is 10.6 Å². The maximum atomic E-state index is 12.3. The first-order chi connectivity index (χ1) is 15.4. The van der Waals surface area contributed by atoms with E-state index in [1.807, 2.05) is 36.4 Å². The molecule has 2 aliphatic rings. The summed E-state index contributed by atoms with van der Waals surface area (Å²) in [5, 5.41) is 14.5. The van der Waals surface area contributed by atoms with Gasteiger partial charge in [0.2, 0.25) is 5.91 Å². The van der Waals surface area contributed by atoms with E-state index in [0.717, 1.165) is 22.3 Å². The molecule has 3 N–H and O–H groups in total. The molecule has 1 aliphatic carbocycles. The zero-order valence-corrected chi connectivity index (χ0v) is 17.7. The molecule has 3 atom stereocenters. The van der Waals surface area contributed by atoms with Crippen molar-refractivity contribution in [1.82, 2.24) is 10.6 Å². The number of aliphatic carboxylic acids is 1. The van der Waals surface area contributed by atoms with Gasteiger partial charge in [-0.25, -0.2) is 9.59 Å². The Bertz CT molecular complexity index is 978. The molecule has 1 heterocycles. The number of carbonyl (C=O) groups is 3. The van der Waals surface area contributed by atoms with Crippen molar-refractivity contribution in [3.8, 4) is 11.1 Å². The van der Waals surface area contributed by atoms with Crippen LogP contribution in [0.4, 0.5) is 4.79 Å². The summed E-state index contributed by atoms with van der Waals surface area (Å²) in [6.07, 6.45) is -1.19. The Morgan fingerprint density at radius 2 is 1.72 bits per heavy atom. The van der Waals surface area contributed by atoms with Crippen LogP contribution in [-0.2, 0) is 19.1 Å². The van der Waals surface area contributed by atoms with Gasteiger partial charge in [0.05, 0.1) is 6.04 Å². The van der Waals surface area contributed by atoms with E-state index >= 15 is 0 Å². The first-order valence-corrected chi connectivity index (χ1v) is 10.7. The molecule has 0 aromatic heterocycles. The summed E-state index contributed by atoms with van der Waals surface area (Å²) >= 11 is 0. The average Bonchev–Trinajstić information content (AvgIpc) is 3.34. The summed E-state index contributed by atoms with van der Waals surface area (Å²) in [7, 11) is 0. The largest absolute Gasteiger partial charge is 0.479 e. The molecule has 8 heteroatoms. The smallest absolute Gasteiger partial charge is 0.407 e. The SMILES string of the molecule is C[C@@H](CC(=O)N[C@H]1CCO[C@H]1C(=O)O)NC(=O)OCC1c2ccccc2-c2ccccc21. The van der Waals surface area contributed by atoms with Crippen LogP contribution in [0.2, 0.25) is 0 Å². The van der Waals surface area contributed by atoms with Gasteiger partial charge in [0.25, 0.3) is 0 Å². The summed E-state index contributed by atoms with van der Waals surface area (Å²) in [6.45, 7) is 2.18. The molecule has 4 rings (SSSR count). The van der Waals surface area contributed by atoms with Gasteiger partial charge in [0.15, 0.2) is 6.10 Å². The lowest BCUT2D eigenvalue weighted by Crippen LogP contribution is -2.46. The molecule has 0 bridgehead atoms. The predicted octanol–water partition coefficient (Wildman–Crippen LogP) is 2.66. The lowest BCUT2D eigenvalue weighted by Gasteiger charge is -2.19. The van der Waals surface area contributed by atoms with Crippen molar-refractivity contribution in [3.63, 3.8) is 0 Å². The van der Waals surface area contributed by atoms with Crippen molar-refractivity contribution >= 4 is 18.0 Å². The fourth-order valence-electron chi connectivity index (χ4n) is 4.42. The normalized spacial score (nSPS) is 20.2. The Morgan fingerprint density at radius 3 is 2.34 bits per heavy atom. The summed E-state index contributed by atoms with van der Waals surface area (Å²) in [5.74, 6) is -1.49. The number of benzene rings is 2. The Morgan fingerprint density at radius 1 is 1.09 bits per heavy atom. The zero-order chi connectivity index (χ0) is 22.7. The van der Waals surface area contributed by atoms with Gasteiger partial charge in [-0.05, 0) is 35.6 Å². The van der Waals surface area contributed by atoms with Crippen molar-refractivity contribution in [1.29, 1.82) is 0 Å². The maximum absolute atomic E-state index is 12.3. The number of carbonyl (C=O) groups excluding carboxylic acids is 2. The van der Waals surface area contributed by atoms with Crippen LogP contribution in [0, 0.1) is 0 Å². The maximum Gasteiger partial charge on any atom is 0.407 e. The van der Waals surface area contributed by atoms with Crippen LogP contribution in [-0.4, -0.2) is 54.5 Å². The topological polar surface area (TPSA) is 114 Å². The first kappa shape index (κ1) is 21.8. The average molecular weight is 438 g/mol. The Balaban J connectivity index is 1.28. The van der Waals surface area contributed by atoms with E-state index in [1.54, 1.807) is 6.92 Å². The molecule has 168 valence electrons. The minimum atomic E-state index is -1.10. The van der Waals surface area contributed by atoms with Gasteiger partial charge in [-0.1, -0.05) is 48.5 Å². The third kappa shape index (κ3) is 4.60. The molecule has 32 heavy (non-hydrogen) atoms. The van der Waals surface area contributed by atoms with E-state index in [9.17, 15) is 14.4 Å². The molecule has 1 fully saturated rings. The summed E-state index contributed by atoms with van der Waals surface area (Å²) in [4.78, 5) is 35.7. The van der Waals surface area contributed by atoms with Crippen LogP contribution in [0.15, 0.2) is 48.5 Å². The van der Waals surface area contributed by atoms with E-state index in [2.05, 4.69) is 22.8 Å². The molecule has 2 aromatic rings. The molecule has 0 saturated carbocycles. The zero-order valence-electron chi connectivity index (χ0n) is 17.7. The molecule has 1 aliphatic heterocycles. The van der Waals surface area contributed by atoms with E-state index in [-0.39, 0.29) is 31.5 Å². The van der Waals surface area contributed by atoms with Crippen molar-refractivity contribution < 1.29 is 29.0 Å². The number of ether oxygens (including phenoxy) is 2. The van der Waals surface area contributed by atoms with E-state index in [1.165, 1.54) is 0 Å². The van der Waals surface area contributed by atoms with Gasteiger partial charge in [0.1, 0.15) is 6.61 Å². The van der Waals surface area contributed by atoms with Gasteiger partial charge in [0, 0.05) is 25.0 Å². The highest BCUT2D eigenvalue weighted by Gasteiger charge is 2.35. The standard InChI is InChI=1S/C24H26N2O6/c1-14(12-21(27)26-20-10-11-31-22(20)23(28)29)25-24(30)32-13-19-17-8-4-2-6-15(17)16-7-3-5-9-18(16)19/h2-9,14,19-20,22H,10-13H2,1H3,(H,25,30)(H,26,27)(H,28,29)/t14-,20-,22+/m0/s1. The van der Waals surface area contributed by atoms with E-state index in [0.29, 0.717) is 6.42 Å². The second-order valence-corrected chi connectivity index (χ2v) is 8.17. The van der Waals surface area contributed by atoms with Crippen molar-refractivity contribution in [3.05, 3.63) is 59.7 Å². The molecule has 1 saturated heterocycles. The third-order valence-electron chi connectivity index (χ3n) is 5.88. The second-order valence-electron chi connectivity index (χ2n) is 8.17. The fraction of sp³-hybridized carbons (Fsp3) is 0.375. The molecule has 0 radical (unpaired) electrons. The minimum Gasteiger partial charge on any atom is -0.479 e. The third-order valence-corrected chi connectivity index (χ3v) is 5.88. The van der Waals surface area contributed by atoms with Crippen LogP contribution >= 0.6 is 0 Å². The number of amides is 2. The quantitative estimate of drug-likeness (QED) is 0.612. The Kier molecular flexibility index (Phi) is 6.41. The minimum absolute atomic E-state index is 0.00698. The number of hydrogen-bond donors (Lipinski definition) is 3. The Labute approximate surface area is 185 Å². The molecule has 2 amide bonds. The van der Waals surface area contributed by atoms with Crippen LogP contribution in [0.3, 0.4) is 0 Å². The number of hydrogen-bond acceptors (Lipinski definition) is 5. The number of rotatable bonds is 7. The van der Waals surface area contributed by atoms with Crippen molar-refractivity contribution in [2.45, 2.75) is 43.9 Å². The molecular formula is C24H26N2O6. The fourth-order valence-corrected chi connectivity index (χ4v) is 4.42. The molecule has 8 nitrogen and oxygen atoms in total. The summed E-state index contributed by atoms with van der Waals surface area (Å²) in [6, 6.07) is 15.1. The number of carboxylic acid groups (broad SMARTS) is 1. The van der Waals surface area contributed by atoms with Crippen LogP contribution in [0.5, 0.6) is 0 Å². The lowest BCUT2D eigenvalue weighted by molar-refractivity contribution is -0.148. The number of carboxylic acids is 1. The number of fused-ring (bicyclic) bond motifs is 3. The van der Waals surface area contributed by atoms with Crippen molar-refractivity contribution in [2.75, 3.05) is 13.2 Å². The van der Waals surface area contributed by atoms with E-state index in [4.69, 9.17) is 14.6 Å². The van der Waals surface area contributed by atoms with Crippen molar-refractivity contribution in [2.24, 2.45) is 0 Å². The van der Waals surface area contributed by atoms with Crippen LogP contribution in [0.25, 0.3) is 11.1 Å². The predicted molar refractivity (Wildman–Crippen MR) is 116 cm³/mol. The number of alkyl carbamates (subject to hydrolysis) is 1. The highest BCUT2D eigenvalue weighted by Crippen LogP contribution is 2.44. The van der Waals surface area contributed by atoms with Crippen LogP contribution in [0.1, 0.15) is 36.8 Å². The number of nitrogens with one attached hydrogen (secondary N) is 2. The molecule has 2 aromatic carbocycles. The summed E-state index contributed by atoms with van der Waals surface area (Å²) < 4.78 is 10.6. The molecular weight excluding hydrogens is 412 g/mol. The Hall–Kier alpha value is -3.39. The van der Waals surface area contributed by atoms with Gasteiger partial charge in [-0.2, -0.15) is 0 Å². The highest BCUT2D eigenvalue weighted by molar-refractivity contribution is 5.81. The lowest BCUT2D eigenvalue weighted by atomic mass is 9.98. The first-order valence-electron chi connectivity index (χ1n) is 10.7. The van der Waals surface area contributed by atoms with Gasteiger partial charge in [-0.15, -0.1) is 0 Å². The van der Waals surface area contributed by atoms with Gasteiger partial charge in [-0.3, -0.25) is 4.79 Å². The molecule has 0 spiro atoms. The van der Waals surface area contributed by atoms with E-state index < -0.39 is 30.3 Å². The molecule has 0 unspecified atom stereocenters.